The summed E-state index contributed by atoms with van der Waals surface area (Å²) in [5.74, 6) is -0.869. The summed E-state index contributed by atoms with van der Waals surface area (Å²) in [4.78, 5) is 35.3. The minimum absolute atomic E-state index is 0.0777. The van der Waals surface area contributed by atoms with Crippen molar-refractivity contribution >= 4 is 11.6 Å². The lowest BCUT2D eigenvalue weighted by Crippen LogP contribution is -2.19. The van der Waals surface area contributed by atoms with Crippen LogP contribution in [0.25, 0.3) is 0 Å². The molecule has 30 heavy (non-hydrogen) atoms. The highest BCUT2D eigenvalue weighted by Gasteiger charge is 2.29. The SMILES string of the molecule is O=C(Cc1ccccc1)c1cnccc1C(C(=O)c1ccccc1)c1ccccn1. The minimum atomic E-state index is -0.689. The number of nitrogens with zero attached hydrogens (tertiary/aromatic N) is 2. The molecule has 4 heteroatoms. The van der Waals surface area contributed by atoms with Crippen LogP contribution in [0, 0.1) is 0 Å². The second-order valence-corrected chi connectivity index (χ2v) is 6.97. The molecule has 0 saturated heterocycles. The maximum Gasteiger partial charge on any atom is 0.176 e. The standard InChI is InChI=1S/C26H20N2O2/c29-24(17-19-9-3-1-4-10-19)22-18-27-16-14-21(22)25(23-13-7-8-15-28-23)26(30)20-11-5-2-6-12-20/h1-16,18,25H,17H2. The van der Waals surface area contributed by atoms with Crippen LogP contribution in [0.4, 0.5) is 0 Å². The minimum Gasteiger partial charge on any atom is -0.294 e. The normalized spacial score (nSPS) is 11.6. The second kappa shape index (κ2) is 9.05. The molecule has 0 aliphatic heterocycles. The first-order chi connectivity index (χ1) is 14.7. The van der Waals surface area contributed by atoms with Crippen molar-refractivity contribution in [3.8, 4) is 0 Å². The Labute approximate surface area is 175 Å². The maximum absolute atomic E-state index is 13.5. The molecule has 0 radical (unpaired) electrons. The van der Waals surface area contributed by atoms with Crippen LogP contribution in [0.15, 0.2) is 104 Å². The zero-order chi connectivity index (χ0) is 20.8. The van der Waals surface area contributed by atoms with Crippen LogP contribution >= 0.6 is 0 Å². The summed E-state index contributed by atoms with van der Waals surface area (Å²) in [6.07, 6.45) is 5.07. The summed E-state index contributed by atoms with van der Waals surface area (Å²) in [5, 5.41) is 0. The third-order valence-corrected chi connectivity index (χ3v) is 4.98. The number of rotatable bonds is 7. The van der Waals surface area contributed by atoms with E-state index in [-0.39, 0.29) is 18.0 Å². The highest BCUT2D eigenvalue weighted by Crippen LogP contribution is 2.30. The number of pyridine rings is 2. The van der Waals surface area contributed by atoms with Gasteiger partial charge in [-0.3, -0.25) is 19.6 Å². The molecule has 0 fully saturated rings. The first kappa shape index (κ1) is 19.4. The van der Waals surface area contributed by atoms with Crippen molar-refractivity contribution in [2.75, 3.05) is 0 Å². The van der Waals surface area contributed by atoms with E-state index < -0.39 is 5.92 Å². The van der Waals surface area contributed by atoms with Gasteiger partial charge in [-0.15, -0.1) is 0 Å². The smallest absolute Gasteiger partial charge is 0.176 e. The van der Waals surface area contributed by atoms with Crippen molar-refractivity contribution in [2.24, 2.45) is 0 Å². The van der Waals surface area contributed by atoms with E-state index in [9.17, 15) is 9.59 Å². The Morgan fingerprint density at radius 2 is 1.47 bits per heavy atom. The Balaban J connectivity index is 1.78. The number of hydrogen-bond donors (Lipinski definition) is 0. The highest BCUT2D eigenvalue weighted by molar-refractivity contribution is 6.06. The van der Waals surface area contributed by atoms with E-state index in [1.807, 2.05) is 66.7 Å². The maximum atomic E-state index is 13.5. The fourth-order valence-corrected chi connectivity index (χ4v) is 3.52. The van der Waals surface area contributed by atoms with Gasteiger partial charge in [-0.25, -0.2) is 0 Å². The molecule has 0 spiro atoms. The second-order valence-electron chi connectivity index (χ2n) is 6.97. The van der Waals surface area contributed by atoms with Crippen molar-refractivity contribution in [1.82, 2.24) is 9.97 Å². The fraction of sp³-hybridized carbons (Fsp3) is 0.0769. The predicted octanol–water partition coefficient (Wildman–Crippen LogP) is 4.92. The quantitative estimate of drug-likeness (QED) is 0.419. The number of ketones is 2. The average Bonchev–Trinajstić information content (AvgIpc) is 2.81. The molecule has 1 unspecified atom stereocenters. The Hall–Kier alpha value is -3.92. The molecule has 4 nitrogen and oxygen atoms in total. The molecule has 0 bridgehead atoms. The molecule has 0 N–H and O–H groups in total. The molecule has 1 atom stereocenters. The molecule has 0 aliphatic rings. The third-order valence-electron chi connectivity index (χ3n) is 4.98. The molecule has 2 heterocycles. The number of Topliss-reactive ketones (excluding diaryl/α,β-unsaturated/α-hetero) is 2. The van der Waals surface area contributed by atoms with Gasteiger partial charge in [0, 0.05) is 36.1 Å². The van der Waals surface area contributed by atoms with Crippen LogP contribution in [-0.4, -0.2) is 21.5 Å². The van der Waals surface area contributed by atoms with Gasteiger partial charge >= 0.3 is 0 Å². The first-order valence-electron chi connectivity index (χ1n) is 9.75. The van der Waals surface area contributed by atoms with E-state index in [0.29, 0.717) is 22.4 Å². The van der Waals surface area contributed by atoms with Crippen LogP contribution in [0.2, 0.25) is 0 Å². The van der Waals surface area contributed by atoms with Gasteiger partial charge in [-0.1, -0.05) is 66.7 Å². The average molecular weight is 392 g/mol. The molecule has 4 rings (SSSR count). The van der Waals surface area contributed by atoms with Crippen molar-refractivity contribution in [3.05, 3.63) is 131 Å². The zero-order valence-electron chi connectivity index (χ0n) is 16.3. The van der Waals surface area contributed by atoms with E-state index >= 15 is 0 Å². The van der Waals surface area contributed by atoms with Gasteiger partial charge in [0.15, 0.2) is 11.6 Å². The fourth-order valence-electron chi connectivity index (χ4n) is 3.52. The Kier molecular flexibility index (Phi) is 5.85. The highest BCUT2D eigenvalue weighted by atomic mass is 16.1. The largest absolute Gasteiger partial charge is 0.294 e. The lowest BCUT2D eigenvalue weighted by molar-refractivity contribution is 0.0971. The van der Waals surface area contributed by atoms with E-state index in [4.69, 9.17) is 0 Å². The van der Waals surface area contributed by atoms with Gasteiger partial charge in [0.1, 0.15) is 0 Å². The lowest BCUT2D eigenvalue weighted by atomic mass is 9.84. The summed E-state index contributed by atoms with van der Waals surface area (Å²) in [6, 6.07) is 25.9. The van der Waals surface area contributed by atoms with Crippen LogP contribution in [0.3, 0.4) is 0 Å². The topological polar surface area (TPSA) is 59.9 Å². The van der Waals surface area contributed by atoms with Gasteiger partial charge in [0.05, 0.1) is 11.6 Å². The van der Waals surface area contributed by atoms with E-state index in [1.165, 1.54) is 0 Å². The number of aromatic nitrogens is 2. The first-order valence-corrected chi connectivity index (χ1v) is 9.75. The van der Waals surface area contributed by atoms with Gasteiger partial charge in [-0.2, -0.15) is 0 Å². The third kappa shape index (κ3) is 4.23. The van der Waals surface area contributed by atoms with Crippen molar-refractivity contribution in [2.45, 2.75) is 12.3 Å². The van der Waals surface area contributed by atoms with Crippen molar-refractivity contribution in [3.63, 3.8) is 0 Å². The monoisotopic (exact) mass is 392 g/mol. The summed E-state index contributed by atoms with van der Waals surface area (Å²) < 4.78 is 0. The van der Waals surface area contributed by atoms with Gasteiger partial charge in [-0.05, 0) is 29.3 Å². The Morgan fingerprint density at radius 3 is 2.17 bits per heavy atom. The molecule has 0 aliphatic carbocycles. The van der Waals surface area contributed by atoms with Crippen molar-refractivity contribution < 1.29 is 9.59 Å². The molecule has 0 amide bonds. The number of benzene rings is 2. The molecule has 2 aromatic carbocycles. The molecular weight excluding hydrogens is 372 g/mol. The summed E-state index contributed by atoms with van der Waals surface area (Å²) >= 11 is 0. The zero-order valence-corrected chi connectivity index (χ0v) is 16.3. The molecule has 146 valence electrons. The molecule has 4 aromatic rings. The Morgan fingerprint density at radius 1 is 0.767 bits per heavy atom. The number of hydrogen-bond acceptors (Lipinski definition) is 4. The molecule has 0 saturated carbocycles. The van der Waals surface area contributed by atoms with Gasteiger partial charge in [0.25, 0.3) is 0 Å². The lowest BCUT2D eigenvalue weighted by Gasteiger charge is -2.19. The van der Waals surface area contributed by atoms with Crippen LogP contribution in [0.5, 0.6) is 0 Å². The van der Waals surface area contributed by atoms with E-state index in [2.05, 4.69) is 9.97 Å². The van der Waals surface area contributed by atoms with Gasteiger partial charge < -0.3 is 0 Å². The Bertz CT molecular complexity index is 1140. The van der Waals surface area contributed by atoms with Gasteiger partial charge in [0.2, 0.25) is 0 Å². The van der Waals surface area contributed by atoms with Crippen LogP contribution < -0.4 is 0 Å². The predicted molar refractivity (Wildman–Crippen MR) is 116 cm³/mol. The number of carbonyl (C=O) groups excluding carboxylic acids is 2. The summed E-state index contributed by atoms with van der Waals surface area (Å²) in [7, 11) is 0. The molecule has 2 aromatic heterocycles. The van der Waals surface area contributed by atoms with Crippen LogP contribution in [-0.2, 0) is 6.42 Å². The number of carbonyl (C=O) groups is 2. The summed E-state index contributed by atoms with van der Waals surface area (Å²) in [5.41, 5.74) is 3.17. The van der Waals surface area contributed by atoms with Crippen LogP contribution in [0.1, 0.15) is 43.5 Å². The van der Waals surface area contributed by atoms with E-state index in [1.54, 1.807) is 36.8 Å². The summed E-state index contributed by atoms with van der Waals surface area (Å²) in [6.45, 7) is 0. The van der Waals surface area contributed by atoms with E-state index in [0.717, 1.165) is 5.56 Å². The van der Waals surface area contributed by atoms with Crippen molar-refractivity contribution in [1.29, 1.82) is 0 Å². The molecular formula is C26H20N2O2.